The lowest BCUT2D eigenvalue weighted by molar-refractivity contribution is -0.130. The number of amides is 4. The maximum Gasteiger partial charge on any atom is 0.338 e. The van der Waals surface area contributed by atoms with Crippen LogP contribution in [0.2, 0.25) is 5.02 Å². The normalized spacial score (nSPS) is 26.2. The largest absolute Gasteiger partial charge is 0.462 e. The highest BCUT2D eigenvalue weighted by atomic mass is 35.5. The number of carbonyl (C=O) groups is 5. The number of rotatable bonds is 5. The highest BCUT2D eigenvalue weighted by Crippen LogP contribution is 2.55. The average Bonchev–Trinajstić information content (AvgIpc) is 3.39. The molecule has 0 aromatic heterocycles. The Morgan fingerprint density at radius 2 is 1.83 bits per heavy atom. The van der Waals surface area contributed by atoms with Crippen LogP contribution < -0.4 is 21.3 Å². The molecule has 2 fully saturated rings. The summed E-state index contributed by atoms with van der Waals surface area (Å²) >= 11 is 6.40. The molecule has 11 heteroatoms. The summed E-state index contributed by atoms with van der Waals surface area (Å²) < 4.78 is 4.98. The Balaban J connectivity index is 1.61. The molecule has 0 saturated carbocycles. The molecule has 4 amide bonds. The minimum atomic E-state index is -1.61. The van der Waals surface area contributed by atoms with Gasteiger partial charge in [0.25, 0.3) is 0 Å². The lowest BCUT2D eigenvalue weighted by Gasteiger charge is -2.29. The third kappa shape index (κ3) is 3.32. The van der Waals surface area contributed by atoms with E-state index in [4.69, 9.17) is 22.1 Å². The fourth-order valence-electron chi connectivity index (χ4n) is 5.60. The van der Waals surface area contributed by atoms with Crippen LogP contribution in [0.4, 0.5) is 11.4 Å². The van der Waals surface area contributed by atoms with Gasteiger partial charge in [0.2, 0.25) is 23.6 Å². The van der Waals surface area contributed by atoms with Crippen molar-refractivity contribution in [2.45, 2.75) is 31.8 Å². The monoisotopic (exact) mass is 510 g/mol. The molecule has 3 heterocycles. The number of esters is 1. The maximum atomic E-state index is 13.9. The smallest absolute Gasteiger partial charge is 0.338 e. The average molecular weight is 511 g/mol. The molecular weight excluding hydrogens is 488 g/mol. The fourth-order valence-corrected chi connectivity index (χ4v) is 5.92. The van der Waals surface area contributed by atoms with Crippen molar-refractivity contribution >= 4 is 52.6 Å². The van der Waals surface area contributed by atoms with Gasteiger partial charge < -0.3 is 15.8 Å². The minimum Gasteiger partial charge on any atom is -0.462 e. The quantitative estimate of drug-likeness (QED) is 0.409. The van der Waals surface area contributed by atoms with Crippen molar-refractivity contribution in [3.8, 4) is 0 Å². The zero-order chi connectivity index (χ0) is 25.9. The van der Waals surface area contributed by atoms with Crippen LogP contribution in [0, 0.1) is 18.8 Å². The molecule has 2 saturated heterocycles. The molecule has 3 aliphatic heterocycles. The SMILES string of the molecule is CCOC(=O)c1ccc(N2C(=O)[C@H]3[C@H](CC(N)=O)N[C@@]4(C(=O)Nc5c(Cl)cc(C)cc54)[C@@H]3C2=O)cc1. The zero-order valence-corrected chi connectivity index (χ0v) is 20.2. The van der Waals surface area contributed by atoms with Gasteiger partial charge in [0.15, 0.2) is 0 Å². The Kier molecular flexibility index (Phi) is 5.60. The number of anilines is 2. The van der Waals surface area contributed by atoms with E-state index in [1.54, 1.807) is 26.0 Å². The van der Waals surface area contributed by atoms with Crippen LogP contribution in [-0.2, 0) is 29.5 Å². The van der Waals surface area contributed by atoms with Gasteiger partial charge >= 0.3 is 5.97 Å². The summed E-state index contributed by atoms with van der Waals surface area (Å²) in [5.41, 5.74) is 5.91. The Morgan fingerprint density at radius 1 is 1.14 bits per heavy atom. The van der Waals surface area contributed by atoms with Gasteiger partial charge in [-0.05, 0) is 49.7 Å². The van der Waals surface area contributed by atoms with Crippen molar-refractivity contribution in [1.82, 2.24) is 5.32 Å². The molecule has 36 heavy (non-hydrogen) atoms. The Morgan fingerprint density at radius 3 is 2.47 bits per heavy atom. The molecule has 186 valence electrons. The number of halogens is 1. The van der Waals surface area contributed by atoms with Crippen molar-refractivity contribution in [2.24, 2.45) is 17.6 Å². The van der Waals surface area contributed by atoms with E-state index in [1.807, 2.05) is 0 Å². The van der Waals surface area contributed by atoms with Crippen LogP contribution in [0.1, 0.15) is 34.8 Å². The second kappa shape index (κ2) is 8.42. The van der Waals surface area contributed by atoms with Gasteiger partial charge in [0, 0.05) is 18.0 Å². The molecule has 0 unspecified atom stereocenters. The van der Waals surface area contributed by atoms with E-state index in [0.29, 0.717) is 16.3 Å². The Bertz CT molecular complexity index is 1340. The number of nitrogens with zero attached hydrogens (tertiary/aromatic N) is 1. The first kappa shape index (κ1) is 24.0. The number of primary amides is 1. The van der Waals surface area contributed by atoms with E-state index in [-0.39, 0.29) is 24.3 Å². The second-order valence-corrected chi connectivity index (χ2v) is 9.54. The Labute approximate surface area is 211 Å². The number of imide groups is 1. The van der Waals surface area contributed by atoms with Crippen molar-refractivity contribution < 1.29 is 28.7 Å². The maximum absolute atomic E-state index is 13.9. The van der Waals surface area contributed by atoms with Gasteiger partial charge in [0.05, 0.1) is 40.4 Å². The van der Waals surface area contributed by atoms with Crippen molar-refractivity contribution in [3.05, 3.63) is 58.1 Å². The molecule has 3 aliphatic rings. The molecule has 2 aromatic carbocycles. The van der Waals surface area contributed by atoms with Crippen LogP contribution in [0.3, 0.4) is 0 Å². The molecule has 5 rings (SSSR count). The van der Waals surface area contributed by atoms with E-state index in [1.165, 1.54) is 24.3 Å². The van der Waals surface area contributed by atoms with E-state index < -0.39 is 53.0 Å². The highest BCUT2D eigenvalue weighted by molar-refractivity contribution is 6.35. The van der Waals surface area contributed by atoms with Crippen LogP contribution >= 0.6 is 11.6 Å². The minimum absolute atomic E-state index is 0.205. The number of benzene rings is 2. The third-order valence-corrected chi connectivity index (χ3v) is 7.28. The predicted molar refractivity (Wildman–Crippen MR) is 129 cm³/mol. The summed E-state index contributed by atoms with van der Waals surface area (Å²) in [5.74, 6) is -5.08. The van der Waals surface area contributed by atoms with Crippen LogP contribution in [-0.4, -0.2) is 42.2 Å². The molecule has 4 N–H and O–H groups in total. The van der Waals surface area contributed by atoms with Gasteiger partial charge in [-0.2, -0.15) is 0 Å². The van der Waals surface area contributed by atoms with E-state index in [0.717, 1.165) is 10.5 Å². The van der Waals surface area contributed by atoms with Gasteiger partial charge in [-0.1, -0.05) is 17.7 Å². The molecule has 0 aliphatic carbocycles. The molecule has 0 radical (unpaired) electrons. The number of nitrogens with one attached hydrogen (secondary N) is 2. The van der Waals surface area contributed by atoms with Gasteiger partial charge in [-0.3, -0.25) is 24.5 Å². The van der Waals surface area contributed by atoms with E-state index in [9.17, 15) is 24.0 Å². The van der Waals surface area contributed by atoms with Gasteiger partial charge in [-0.15, -0.1) is 0 Å². The first-order valence-corrected chi connectivity index (χ1v) is 11.8. The third-order valence-electron chi connectivity index (χ3n) is 6.98. The zero-order valence-electron chi connectivity index (χ0n) is 19.5. The second-order valence-electron chi connectivity index (χ2n) is 9.14. The molecule has 2 aromatic rings. The summed E-state index contributed by atoms with van der Waals surface area (Å²) in [7, 11) is 0. The lowest BCUT2D eigenvalue weighted by Crippen LogP contribution is -2.53. The molecular formula is C25H23ClN4O6. The molecule has 0 bridgehead atoms. The summed E-state index contributed by atoms with van der Waals surface area (Å²) in [5, 5.41) is 6.18. The number of carbonyl (C=O) groups excluding carboxylic acids is 5. The standard InChI is InChI=1S/C25H23ClN4O6/c1-3-36-23(34)12-4-6-13(7-5-12)30-21(32)18-16(10-17(27)31)29-25(19(18)22(30)33)14-8-11(2)9-15(26)20(14)28-24(25)35/h4-9,16,18-19,29H,3,10H2,1-2H3,(H2,27,31)(H,28,35)/t16-,18-,19-,25+/m0/s1. The number of hydrogen-bond acceptors (Lipinski definition) is 7. The molecule has 1 spiro atoms. The van der Waals surface area contributed by atoms with E-state index in [2.05, 4.69) is 10.6 Å². The first-order valence-electron chi connectivity index (χ1n) is 11.4. The number of aryl methyl sites for hydroxylation is 1. The lowest BCUT2D eigenvalue weighted by atomic mass is 9.76. The van der Waals surface area contributed by atoms with Crippen molar-refractivity contribution in [1.29, 1.82) is 0 Å². The highest BCUT2D eigenvalue weighted by Gasteiger charge is 2.71. The van der Waals surface area contributed by atoms with Crippen molar-refractivity contribution in [3.63, 3.8) is 0 Å². The van der Waals surface area contributed by atoms with Crippen LogP contribution in [0.5, 0.6) is 0 Å². The van der Waals surface area contributed by atoms with E-state index >= 15 is 0 Å². The van der Waals surface area contributed by atoms with Crippen LogP contribution in [0.15, 0.2) is 36.4 Å². The first-order chi connectivity index (χ1) is 17.1. The molecule has 10 nitrogen and oxygen atoms in total. The summed E-state index contributed by atoms with van der Waals surface area (Å²) in [6.07, 6.45) is -0.250. The van der Waals surface area contributed by atoms with Gasteiger partial charge in [-0.25, -0.2) is 9.69 Å². The molecule has 4 atom stereocenters. The summed E-state index contributed by atoms with van der Waals surface area (Å²) in [6, 6.07) is 8.42. The predicted octanol–water partition coefficient (Wildman–Crippen LogP) is 1.63. The number of ether oxygens (including phenoxy) is 1. The van der Waals surface area contributed by atoms with Crippen molar-refractivity contribution in [2.75, 3.05) is 16.8 Å². The topological polar surface area (TPSA) is 148 Å². The number of hydrogen-bond donors (Lipinski definition) is 3. The summed E-state index contributed by atoms with van der Waals surface area (Å²) in [4.78, 5) is 65.9. The number of nitrogens with two attached hydrogens (primary N) is 1. The summed E-state index contributed by atoms with van der Waals surface area (Å²) in [6.45, 7) is 3.69. The van der Waals surface area contributed by atoms with Crippen LogP contribution in [0.25, 0.3) is 0 Å². The fraction of sp³-hybridized carbons (Fsp3) is 0.320. The van der Waals surface area contributed by atoms with Gasteiger partial charge in [0.1, 0.15) is 5.54 Å². The number of fused-ring (bicyclic) bond motifs is 4. The Hall–Kier alpha value is -3.76.